The Hall–Kier alpha value is -1.82. The molecule has 0 bridgehead atoms. The molecule has 2 N–H and O–H groups in total. The summed E-state index contributed by atoms with van der Waals surface area (Å²) in [7, 11) is 0. The summed E-state index contributed by atoms with van der Waals surface area (Å²) >= 11 is 3.30. The molecule has 21 heavy (non-hydrogen) atoms. The van der Waals surface area contributed by atoms with Gasteiger partial charge in [0.05, 0.1) is 5.69 Å². The van der Waals surface area contributed by atoms with E-state index in [1.165, 1.54) is 12.1 Å². The molecule has 2 rings (SSSR count). The van der Waals surface area contributed by atoms with Gasteiger partial charge in [-0.05, 0) is 30.7 Å². The summed E-state index contributed by atoms with van der Waals surface area (Å²) in [5, 5.41) is 0. The zero-order chi connectivity index (χ0) is 15.4. The Morgan fingerprint density at radius 1 is 1.43 bits per heavy atom. The summed E-state index contributed by atoms with van der Waals surface area (Å²) in [4.78, 5) is 12.1. The number of halogens is 2. The number of hydrogen-bond donors (Lipinski definition) is 1. The third kappa shape index (κ3) is 3.85. The maximum absolute atomic E-state index is 13.2. The Morgan fingerprint density at radius 2 is 2.19 bits per heavy atom. The molecule has 0 aliphatic carbocycles. The van der Waals surface area contributed by atoms with E-state index in [2.05, 4.69) is 15.9 Å². The number of ether oxygens (including phenoxy) is 1. The molecule has 0 saturated carbocycles. The number of nitrogens with zero attached hydrogens (tertiary/aromatic N) is 1. The van der Waals surface area contributed by atoms with Gasteiger partial charge in [0, 0.05) is 22.8 Å². The van der Waals surface area contributed by atoms with Crippen molar-refractivity contribution < 1.29 is 13.9 Å². The lowest BCUT2D eigenvalue weighted by Gasteiger charge is -2.09. The van der Waals surface area contributed by atoms with Gasteiger partial charge in [-0.2, -0.15) is 0 Å². The van der Waals surface area contributed by atoms with Crippen molar-refractivity contribution in [3.8, 4) is 0 Å². The molecule has 0 radical (unpaired) electrons. The predicted molar refractivity (Wildman–Crippen MR) is 82.4 cm³/mol. The van der Waals surface area contributed by atoms with Crippen LogP contribution in [0, 0.1) is 5.82 Å². The minimum atomic E-state index is -0.476. The van der Waals surface area contributed by atoms with Crippen LogP contribution in [0.1, 0.15) is 29.4 Å². The van der Waals surface area contributed by atoms with Crippen molar-refractivity contribution in [1.82, 2.24) is 4.57 Å². The number of anilines is 1. The molecule has 0 saturated heterocycles. The van der Waals surface area contributed by atoms with Crippen LogP contribution in [0.25, 0.3) is 0 Å². The number of aromatic nitrogens is 1. The summed E-state index contributed by atoms with van der Waals surface area (Å²) in [6.45, 7) is 2.69. The highest BCUT2D eigenvalue weighted by molar-refractivity contribution is 9.10. The van der Waals surface area contributed by atoms with E-state index in [9.17, 15) is 9.18 Å². The van der Waals surface area contributed by atoms with Gasteiger partial charge in [0.15, 0.2) is 0 Å². The van der Waals surface area contributed by atoms with E-state index in [0.717, 1.165) is 6.42 Å². The first-order valence-corrected chi connectivity index (χ1v) is 7.37. The summed E-state index contributed by atoms with van der Waals surface area (Å²) in [5.74, 6) is -0.848. The minimum absolute atomic E-state index is 0.00557. The highest BCUT2D eigenvalue weighted by Crippen LogP contribution is 2.20. The van der Waals surface area contributed by atoms with Gasteiger partial charge in [0.1, 0.15) is 18.1 Å². The number of aryl methyl sites for hydroxylation is 1. The first-order chi connectivity index (χ1) is 10.0. The van der Waals surface area contributed by atoms with Crippen molar-refractivity contribution in [2.75, 3.05) is 5.73 Å². The van der Waals surface area contributed by atoms with E-state index in [4.69, 9.17) is 10.5 Å². The van der Waals surface area contributed by atoms with E-state index in [0.29, 0.717) is 28.0 Å². The van der Waals surface area contributed by atoms with Crippen LogP contribution in [0.3, 0.4) is 0 Å². The van der Waals surface area contributed by atoms with Crippen molar-refractivity contribution in [3.05, 3.63) is 52.0 Å². The smallest absolute Gasteiger partial charge is 0.355 e. The van der Waals surface area contributed by atoms with Crippen LogP contribution in [0.15, 0.2) is 34.9 Å². The largest absolute Gasteiger partial charge is 0.456 e. The lowest BCUT2D eigenvalue weighted by Crippen LogP contribution is -2.12. The summed E-state index contributed by atoms with van der Waals surface area (Å²) in [6.07, 6.45) is 2.59. The SMILES string of the molecule is CCCn1cc(N)cc1C(=O)OCc1cc(F)ccc1Br. The molecule has 1 aromatic carbocycles. The quantitative estimate of drug-likeness (QED) is 0.832. The summed E-state index contributed by atoms with van der Waals surface area (Å²) in [6, 6.07) is 5.83. The van der Waals surface area contributed by atoms with E-state index in [-0.39, 0.29) is 12.4 Å². The van der Waals surface area contributed by atoms with Crippen LogP contribution in [-0.2, 0) is 17.9 Å². The summed E-state index contributed by atoms with van der Waals surface area (Å²) in [5.41, 5.74) is 7.21. The molecule has 0 atom stereocenters. The zero-order valence-electron chi connectivity index (χ0n) is 11.6. The fraction of sp³-hybridized carbons (Fsp3) is 0.267. The molecule has 4 nitrogen and oxygen atoms in total. The second kappa shape index (κ2) is 6.76. The normalized spacial score (nSPS) is 10.6. The first-order valence-electron chi connectivity index (χ1n) is 6.58. The molecule has 6 heteroatoms. The van der Waals surface area contributed by atoms with Crippen molar-refractivity contribution in [3.63, 3.8) is 0 Å². The third-order valence-corrected chi connectivity index (χ3v) is 3.73. The second-order valence-electron chi connectivity index (χ2n) is 4.66. The Kier molecular flexibility index (Phi) is 5.01. The van der Waals surface area contributed by atoms with Crippen molar-refractivity contribution in [2.45, 2.75) is 26.5 Å². The number of nitrogens with two attached hydrogens (primary N) is 1. The van der Waals surface area contributed by atoms with Crippen LogP contribution >= 0.6 is 15.9 Å². The van der Waals surface area contributed by atoms with Crippen LogP contribution in [-0.4, -0.2) is 10.5 Å². The van der Waals surface area contributed by atoms with Gasteiger partial charge in [-0.15, -0.1) is 0 Å². The van der Waals surface area contributed by atoms with Crippen LogP contribution in [0.2, 0.25) is 0 Å². The van der Waals surface area contributed by atoms with Gasteiger partial charge >= 0.3 is 5.97 Å². The number of nitrogen functional groups attached to an aromatic ring is 1. The molecule has 2 aromatic rings. The van der Waals surface area contributed by atoms with Crippen LogP contribution in [0.5, 0.6) is 0 Å². The molecule has 112 valence electrons. The average Bonchev–Trinajstić information content (AvgIpc) is 2.81. The Morgan fingerprint density at radius 3 is 2.90 bits per heavy atom. The lowest BCUT2D eigenvalue weighted by atomic mass is 10.2. The highest BCUT2D eigenvalue weighted by atomic mass is 79.9. The number of hydrogen-bond acceptors (Lipinski definition) is 3. The molecule has 1 heterocycles. The van der Waals surface area contributed by atoms with Gasteiger partial charge in [-0.3, -0.25) is 0 Å². The van der Waals surface area contributed by atoms with Gasteiger partial charge in [-0.1, -0.05) is 22.9 Å². The van der Waals surface area contributed by atoms with Gasteiger partial charge < -0.3 is 15.0 Å². The number of carbonyl (C=O) groups is 1. The number of rotatable bonds is 5. The van der Waals surface area contributed by atoms with Crippen molar-refractivity contribution >= 4 is 27.6 Å². The molecule has 0 aliphatic rings. The molecule has 1 aromatic heterocycles. The maximum atomic E-state index is 13.2. The van der Waals surface area contributed by atoms with Crippen molar-refractivity contribution in [2.24, 2.45) is 0 Å². The maximum Gasteiger partial charge on any atom is 0.355 e. The van der Waals surface area contributed by atoms with E-state index >= 15 is 0 Å². The van der Waals surface area contributed by atoms with Crippen LogP contribution in [0.4, 0.5) is 10.1 Å². The number of carbonyl (C=O) groups excluding carboxylic acids is 1. The highest BCUT2D eigenvalue weighted by Gasteiger charge is 2.15. The number of esters is 1. The Labute approximate surface area is 130 Å². The third-order valence-electron chi connectivity index (χ3n) is 2.96. The fourth-order valence-corrected chi connectivity index (χ4v) is 2.36. The fourth-order valence-electron chi connectivity index (χ4n) is 2.00. The van der Waals surface area contributed by atoms with Gasteiger partial charge in [-0.25, -0.2) is 9.18 Å². The van der Waals surface area contributed by atoms with Crippen molar-refractivity contribution in [1.29, 1.82) is 0 Å². The Balaban J connectivity index is 2.10. The van der Waals surface area contributed by atoms with E-state index in [1.807, 2.05) is 6.92 Å². The molecule has 0 amide bonds. The first kappa shape index (κ1) is 15.6. The summed E-state index contributed by atoms with van der Waals surface area (Å²) < 4.78 is 20.9. The lowest BCUT2D eigenvalue weighted by molar-refractivity contribution is 0.0458. The second-order valence-corrected chi connectivity index (χ2v) is 5.52. The molecule has 0 fully saturated rings. The van der Waals surface area contributed by atoms with Gasteiger partial charge in [0.25, 0.3) is 0 Å². The topological polar surface area (TPSA) is 57.2 Å². The van der Waals surface area contributed by atoms with Crippen LogP contribution < -0.4 is 5.73 Å². The minimum Gasteiger partial charge on any atom is -0.456 e. The molecular weight excluding hydrogens is 339 g/mol. The molecule has 0 aliphatic heterocycles. The average molecular weight is 355 g/mol. The van der Waals surface area contributed by atoms with E-state index < -0.39 is 5.97 Å². The zero-order valence-corrected chi connectivity index (χ0v) is 13.2. The molecule has 0 spiro atoms. The predicted octanol–water partition coefficient (Wildman–Crippen LogP) is 3.74. The van der Waals surface area contributed by atoms with E-state index in [1.54, 1.807) is 22.9 Å². The number of benzene rings is 1. The Bertz CT molecular complexity index is 655. The monoisotopic (exact) mass is 354 g/mol. The molecule has 0 unspecified atom stereocenters. The molecular formula is C15H16BrFN2O2. The standard InChI is InChI=1S/C15H16BrFN2O2/c1-2-5-19-8-12(18)7-14(19)15(20)21-9-10-6-11(17)3-4-13(10)16/h3-4,6-8H,2,5,9,18H2,1H3. The van der Waals surface area contributed by atoms with Gasteiger partial charge in [0.2, 0.25) is 0 Å².